The van der Waals surface area contributed by atoms with Crippen LogP contribution in [0, 0.1) is 5.82 Å². The van der Waals surface area contributed by atoms with E-state index in [9.17, 15) is 22.8 Å². The summed E-state index contributed by atoms with van der Waals surface area (Å²) in [5.74, 6) is -1.21. The van der Waals surface area contributed by atoms with Gasteiger partial charge in [0.25, 0.3) is 0 Å². The van der Waals surface area contributed by atoms with E-state index in [0.29, 0.717) is 24.2 Å². The molecule has 0 bridgehead atoms. The lowest BCUT2D eigenvalue weighted by Gasteiger charge is -2.34. The van der Waals surface area contributed by atoms with Crippen LogP contribution in [0.15, 0.2) is 36.5 Å². The number of carbonyl (C=O) groups is 2. The molecule has 0 unspecified atom stereocenters. The highest BCUT2D eigenvalue weighted by Gasteiger charge is 2.31. The first-order valence-electron chi connectivity index (χ1n) is 8.97. The molecule has 2 heterocycles. The van der Waals surface area contributed by atoms with E-state index in [2.05, 4.69) is 20.4 Å². The largest absolute Gasteiger partial charge is 0.417 e. The Morgan fingerprint density at radius 3 is 2.70 bits per heavy atom. The van der Waals surface area contributed by atoms with Crippen LogP contribution in [-0.2, 0) is 4.79 Å². The molecule has 3 amide bonds. The molecule has 11 heteroatoms. The van der Waals surface area contributed by atoms with Gasteiger partial charge >= 0.3 is 12.6 Å². The van der Waals surface area contributed by atoms with Gasteiger partial charge in [-0.25, -0.2) is 14.2 Å². The normalized spacial score (nSPS) is 17.5. The first-order valence-corrected chi connectivity index (χ1v) is 9.34. The average molecular weight is 443 g/mol. The van der Waals surface area contributed by atoms with E-state index in [-0.39, 0.29) is 16.8 Å². The van der Waals surface area contributed by atoms with E-state index < -0.39 is 30.5 Å². The van der Waals surface area contributed by atoms with Crippen LogP contribution in [0.4, 0.5) is 18.0 Å². The van der Waals surface area contributed by atoms with E-state index in [0.717, 1.165) is 6.07 Å². The van der Waals surface area contributed by atoms with Crippen molar-refractivity contribution >= 4 is 23.5 Å². The standard InChI is InChI=1S/C19H18ClF3N4O3/c1-10-17(28)24-6-7-27(10)19(29)26-16(11-2-4-14(21)13(20)8-11)12-3-5-15(25-9-12)30-18(22)23/h2-5,8-10,16,18H,6-7H2,1H3,(H,24,28)(H,26,29)/t10-,16-/m1/s1. The molecule has 1 aliphatic heterocycles. The second kappa shape index (κ2) is 9.21. The number of carbonyl (C=O) groups excluding carboxylic acids is 2. The maximum atomic E-state index is 13.6. The number of rotatable bonds is 5. The Balaban J connectivity index is 1.90. The molecule has 3 rings (SSSR count). The molecule has 2 N–H and O–H groups in total. The lowest BCUT2D eigenvalue weighted by molar-refractivity contribution is -0.126. The highest BCUT2D eigenvalue weighted by atomic mass is 35.5. The summed E-state index contributed by atoms with van der Waals surface area (Å²) in [6.07, 6.45) is 1.26. The zero-order valence-corrected chi connectivity index (χ0v) is 16.5. The number of piperazine rings is 1. The Labute approximate surface area is 175 Å². The quantitative estimate of drug-likeness (QED) is 0.745. The lowest BCUT2D eigenvalue weighted by atomic mass is 10.00. The predicted molar refractivity (Wildman–Crippen MR) is 102 cm³/mol. The van der Waals surface area contributed by atoms with Crippen LogP contribution in [0.2, 0.25) is 5.02 Å². The van der Waals surface area contributed by atoms with E-state index in [1.54, 1.807) is 6.92 Å². The van der Waals surface area contributed by atoms with Crippen molar-refractivity contribution in [3.8, 4) is 5.88 Å². The SMILES string of the molecule is C[C@@H]1C(=O)NCCN1C(=O)N[C@@H](c1ccc(OC(F)F)nc1)c1ccc(F)c(Cl)c1. The van der Waals surface area contributed by atoms with Crippen molar-refractivity contribution in [2.45, 2.75) is 25.6 Å². The molecule has 0 spiro atoms. The third kappa shape index (κ3) is 4.93. The zero-order valence-electron chi connectivity index (χ0n) is 15.7. The Bertz CT molecular complexity index is 930. The van der Waals surface area contributed by atoms with E-state index in [1.807, 2.05) is 0 Å². The summed E-state index contributed by atoms with van der Waals surface area (Å²) in [4.78, 5) is 29.9. The third-order valence-electron chi connectivity index (χ3n) is 4.61. The molecule has 7 nitrogen and oxygen atoms in total. The van der Waals surface area contributed by atoms with Gasteiger partial charge in [0.15, 0.2) is 0 Å². The highest BCUT2D eigenvalue weighted by molar-refractivity contribution is 6.30. The third-order valence-corrected chi connectivity index (χ3v) is 4.90. The summed E-state index contributed by atoms with van der Waals surface area (Å²) in [7, 11) is 0. The maximum Gasteiger partial charge on any atom is 0.388 e. The van der Waals surface area contributed by atoms with Crippen LogP contribution in [-0.4, -0.2) is 47.6 Å². The Morgan fingerprint density at radius 1 is 1.33 bits per heavy atom. The fourth-order valence-corrected chi connectivity index (χ4v) is 3.23. The number of nitrogens with one attached hydrogen (secondary N) is 2. The van der Waals surface area contributed by atoms with E-state index in [1.165, 1.54) is 35.4 Å². The van der Waals surface area contributed by atoms with Gasteiger partial charge in [-0.1, -0.05) is 17.7 Å². The molecule has 1 aromatic carbocycles. The van der Waals surface area contributed by atoms with Gasteiger partial charge in [0.05, 0.1) is 11.1 Å². The van der Waals surface area contributed by atoms with Crippen molar-refractivity contribution in [2.75, 3.05) is 13.1 Å². The van der Waals surface area contributed by atoms with Crippen molar-refractivity contribution < 1.29 is 27.5 Å². The van der Waals surface area contributed by atoms with Gasteiger partial charge in [0, 0.05) is 25.4 Å². The molecule has 30 heavy (non-hydrogen) atoms. The van der Waals surface area contributed by atoms with Gasteiger partial charge in [-0.05, 0) is 36.2 Å². The number of pyridine rings is 1. The molecule has 2 atom stereocenters. The van der Waals surface area contributed by atoms with E-state index in [4.69, 9.17) is 11.6 Å². The minimum absolute atomic E-state index is 0.150. The van der Waals surface area contributed by atoms with Crippen LogP contribution < -0.4 is 15.4 Å². The topological polar surface area (TPSA) is 83.6 Å². The number of aromatic nitrogens is 1. The Morgan fingerprint density at radius 2 is 2.07 bits per heavy atom. The summed E-state index contributed by atoms with van der Waals surface area (Å²) in [6, 6.07) is 4.55. The van der Waals surface area contributed by atoms with Crippen LogP contribution in [0.1, 0.15) is 24.1 Å². The second-order valence-corrected chi connectivity index (χ2v) is 6.93. The predicted octanol–water partition coefficient (Wildman–Crippen LogP) is 3.09. The summed E-state index contributed by atoms with van der Waals surface area (Å²) >= 11 is 5.89. The van der Waals surface area contributed by atoms with E-state index >= 15 is 0 Å². The minimum atomic E-state index is -3.03. The summed E-state index contributed by atoms with van der Waals surface area (Å²) in [5.41, 5.74) is 0.856. The molecule has 0 aliphatic carbocycles. The lowest BCUT2D eigenvalue weighted by Crippen LogP contribution is -2.58. The van der Waals surface area contributed by atoms with Crippen LogP contribution in [0.5, 0.6) is 5.88 Å². The van der Waals surface area contributed by atoms with Crippen LogP contribution in [0.3, 0.4) is 0 Å². The van der Waals surface area contributed by atoms with Gasteiger partial charge in [0.2, 0.25) is 11.8 Å². The average Bonchev–Trinajstić information content (AvgIpc) is 2.70. The first kappa shape index (κ1) is 21.7. The number of hydrogen-bond donors (Lipinski definition) is 2. The molecule has 1 saturated heterocycles. The van der Waals surface area contributed by atoms with Crippen molar-refractivity contribution in [1.29, 1.82) is 0 Å². The molecule has 2 aromatic rings. The van der Waals surface area contributed by atoms with Gasteiger partial charge in [-0.2, -0.15) is 8.78 Å². The Kier molecular flexibility index (Phi) is 6.66. The number of benzene rings is 1. The molecule has 0 saturated carbocycles. The number of alkyl halides is 2. The monoisotopic (exact) mass is 442 g/mol. The van der Waals surface area contributed by atoms with Crippen molar-refractivity contribution in [1.82, 2.24) is 20.5 Å². The summed E-state index contributed by atoms with van der Waals surface area (Å²) in [5, 5.41) is 5.29. The van der Waals surface area contributed by atoms with Gasteiger partial charge in [-0.3, -0.25) is 4.79 Å². The molecule has 0 radical (unpaired) electrons. The molecule has 1 aliphatic rings. The number of amides is 3. The van der Waals surface area contributed by atoms with Crippen molar-refractivity contribution in [2.24, 2.45) is 0 Å². The first-order chi connectivity index (χ1) is 14.3. The van der Waals surface area contributed by atoms with Crippen molar-refractivity contribution in [3.63, 3.8) is 0 Å². The van der Waals surface area contributed by atoms with Gasteiger partial charge < -0.3 is 20.3 Å². The van der Waals surface area contributed by atoms with Gasteiger partial charge in [-0.15, -0.1) is 0 Å². The number of halogens is 4. The molecular formula is C19H18ClF3N4O3. The van der Waals surface area contributed by atoms with Crippen LogP contribution in [0.25, 0.3) is 0 Å². The number of ether oxygens (including phenoxy) is 1. The molecular weight excluding hydrogens is 425 g/mol. The molecule has 1 aromatic heterocycles. The highest BCUT2D eigenvalue weighted by Crippen LogP contribution is 2.27. The van der Waals surface area contributed by atoms with Gasteiger partial charge in [0.1, 0.15) is 11.9 Å². The number of urea groups is 1. The molecule has 1 fully saturated rings. The number of hydrogen-bond acceptors (Lipinski definition) is 4. The second-order valence-electron chi connectivity index (χ2n) is 6.52. The van der Waals surface area contributed by atoms with Crippen molar-refractivity contribution in [3.05, 3.63) is 58.5 Å². The Hall–Kier alpha value is -3.01. The fourth-order valence-electron chi connectivity index (χ4n) is 3.04. The summed E-state index contributed by atoms with van der Waals surface area (Å²) in [6.45, 7) is -0.822. The molecule has 160 valence electrons. The smallest absolute Gasteiger partial charge is 0.388 e. The fraction of sp³-hybridized carbons (Fsp3) is 0.316. The summed E-state index contributed by atoms with van der Waals surface area (Å²) < 4.78 is 42.6. The zero-order chi connectivity index (χ0) is 21.8. The van der Waals surface area contributed by atoms with Crippen LogP contribution >= 0.6 is 11.6 Å². The maximum absolute atomic E-state index is 13.6. The number of nitrogens with zero attached hydrogens (tertiary/aromatic N) is 2. The minimum Gasteiger partial charge on any atom is -0.417 e.